The third-order valence-corrected chi connectivity index (χ3v) is 6.11. The number of fused-ring (bicyclic) bond motifs is 1. The van der Waals surface area contributed by atoms with Crippen LogP contribution in [-0.4, -0.2) is 40.2 Å². The fourth-order valence-corrected chi connectivity index (χ4v) is 4.65. The second-order valence-electron chi connectivity index (χ2n) is 6.93. The highest BCUT2D eigenvalue weighted by atomic mass is 32.1. The average molecular weight is 388 g/mol. The lowest BCUT2D eigenvalue weighted by Crippen LogP contribution is -2.44. The highest BCUT2D eigenvalue weighted by Gasteiger charge is 2.37. The molecule has 6 heteroatoms. The van der Waals surface area contributed by atoms with Crippen LogP contribution >= 0.6 is 11.3 Å². The number of ether oxygens (including phenoxy) is 1. The van der Waals surface area contributed by atoms with Crippen LogP contribution in [0, 0.1) is 5.82 Å². The lowest BCUT2D eigenvalue weighted by atomic mass is 9.92. The first-order valence-corrected chi connectivity index (χ1v) is 9.75. The number of benzene rings is 2. The van der Waals surface area contributed by atoms with Crippen molar-refractivity contribution in [3.8, 4) is 0 Å². The highest BCUT2D eigenvalue weighted by molar-refractivity contribution is 7.19. The van der Waals surface area contributed by atoms with Crippen molar-refractivity contribution in [3.63, 3.8) is 0 Å². The Labute approximate surface area is 160 Å². The summed E-state index contributed by atoms with van der Waals surface area (Å²) in [6.07, 6.45) is -2.85. The van der Waals surface area contributed by atoms with Crippen LogP contribution in [0.5, 0.6) is 0 Å². The zero-order valence-electron chi connectivity index (χ0n) is 14.6. The normalized spacial score (nSPS) is 25.8. The highest BCUT2D eigenvalue weighted by Crippen LogP contribution is 2.34. The van der Waals surface area contributed by atoms with E-state index in [0.717, 1.165) is 15.0 Å². The van der Waals surface area contributed by atoms with Gasteiger partial charge in [0.2, 0.25) is 0 Å². The largest absolute Gasteiger partial charge is 0.394 e. The van der Waals surface area contributed by atoms with Gasteiger partial charge in [0, 0.05) is 22.4 Å². The zero-order chi connectivity index (χ0) is 19.0. The molecule has 4 rings (SSSR count). The molecule has 2 heterocycles. The van der Waals surface area contributed by atoms with E-state index in [4.69, 9.17) is 4.74 Å². The van der Waals surface area contributed by atoms with E-state index in [1.54, 1.807) is 23.5 Å². The Balaban J connectivity index is 1.62. The van der Waals surface area contributed by atoms with Gasteiger partial charge in [-0.05, 0) is 40.8 Å². The third-order valence-electron chi connectivity index (χ3n) is 4.99. The quantitative estimate of drug-likeness (QED) is 0.642. The summed E-state index contributed by atoms with van der Waals surface area (Å²) in [7, 11) is 0. The SMILES string of the molecule is OCC1CC(O)C(O)C(c2ccc(F)c(Cc3cc4ccccc4s3)c2)O1. The van der Waals surface area contributed by atoms with Crippen molar-refractivity contribution in [1.29, 1.82) is 0 Å². The summed E-state index contributed by atoms with van der Waals surface area (Å²) in [5.74, 6) is -0.319. The van der Waals surface area contributed by atoms with E-state index in [2.05, 4.69) is 6.07 Å². The predicted octanol–water partition coefficient (Wildman–Crippen LogP) is 3.18. The summed E-state index contributed by atoms with van der Waals surface area (Å²) in [5, 5.41) is 30.8. The Morgan fingerprint density at radius 2 is 1.93 bits per heavy atom. The van der Waals surface area contributed by atoms with E-state index in [0.29, 0.717) is 17.5 Å². The van der Waals surface area contributed by atoms with Gasteiger partial charge < -0.3 is 20.1 Å². The average Bonchev–Trinajstić information content (AvgIpc) is 3.08. The van der Waals surface area contributed by atoms with Crippen molar-refractivity contribution in [2.45, 2.75) is 37.3 Å². The van der Waals surface area contributed by atoms with E-state index in [1.807, 2.05) is 24.3 Å². The van der Waals surface area contributed by atoms with Crippen molar-refractivity contribution >= 4 is 21.4 Å². The van der Waals surface area contributed by atoms with E-state index in [1.165, 1.54) is 6.07 Å². The maximum Gasteiger partial charge on any atom is 0.126 e. The third kappa shape index (κ3) is 3.77. The molecule has 4 unspecified atom stereocenters. The van der Waals surface area contributed by atoms with Gasteiger partial charge in [-0.15, -0.1) is 11.3 Å². The standard InChI is InChI=1S/C21H21FO4S/c22-17-6-5-13(21-20(25)18(24)10-15(11-23)26-21)7-14(17)9-16-8-12-3-1-2-4-19(12)27-16/h1-8,15,18,20-21,23-25H,9-11H2. The van der Waals surface area contributed by atoms with Crippen molar-refractivity contribution in [2.24, 2.45) is 0 Å². The van der Waals surface area contributed by atoms with Crippen LogP contribution in [0.4, 0.5) is 4.39 Å². The summed E-state index contributed by atoms with van der Waals surface area (Å²) in [4.78, 5) is 1.05. The molecule has 3 N–H and O–H groups in total. The minimum atomic E-state index is -1.12. The molecule has 0 radical (unpaired) electrons. The van der Waals surface area contributed by atoms with Crippen molar-refractivity contribution in [1.82, 2.24) is 0 Å². The molecular formula is C21H21FO4S. The Morgan fingerprint density at radius 3 is 2.70 bits per heavy atom. The monoisotopic (exact) mass is 388 g/mol. The summed E-state index contributed by atoms with van der Waals surface area (Å²) in [6, 6.07) is 14.7. The predicted molar refractivity (Wildman–Crippen MR) is 102 cm³/mol. The van der Waals surface area contributed by atoms with Gasteiger partial charge in [0.05, 0.1) is 18.8 Å². The van der Waals surface area contributed by atoms with Crippen molar-refractivity contribution in [3.05, 3.63) is 70.4 Å². The van der Waals surface area contributed by atoms with Gasteiger partial charge in [0.1, 0.15) is 18.0 Å². The molecule has 1 fully saturated rings. The molecule has 1 aromatic heterocycles. The van der Waals surface area contributed by atoms with Gasteiger partial charge >= 0.3 is 0 Å². The summed E-state index contributed by atoms with van der Waals surface area (Å²) in [6.45, 7) is -0.240. The lowest BCUT2D eigenvalue weighted by Gasteiger charge is -2.37. The van der Waals surface area contributed by atoms with E-state index in [9.17, 15) is 19.7 Å². The number of halogens is 1. The van der Waals surface area contributed by atoms with Crippen LogP contribution in [0.2, 0.25) is 0 Å². The Hall–Kier alpha value is -1.83. The summed E-state index contributed by atoms with van der Waals surface area (Å²) < 4.78 is 21.3. The molecular weight excluding hydrogens is 367 g/mol. The van der Waals surface area contributed by atoms with Crippen LogP contribution in [0.25, 0.3) is 10.1 Å². The van der Waals surface area contributed by atoms with Crippen LogP contribution in [0.15, 0.2) is 48.5 Å². The molecule has 0 bridgehead atoms. The number of rotatable bonds is 4. The molecule has 27 heavy (non-hydrogen) atoms. The van der Waals surface area contributed by atoms with Gasteiger partial charge in [-0.1, -0.05) is 24.3 Å². The first-order chi connectivity index (χ1) is 13.0. The molecule has 0 aliphatic carbocycles. The molecule has 0 saturated carbocycles. The maximum atomic E-state index is 14.4. The second kappa shape index (κ2) is 7.66. The number of thiophene rings is 1. The molecule has 0 amide bonds. The zero-order valence-corrected chi connectivity index (χ0v) is 15.4. The molecule has 2 aromatic carbocycles. The fourth-order valence-electron chi connectivity index (χ4n) is 3.57. The smallest absolute Gasteiger partial charge is 0.126 e. The second-order valence-corrected chi connectivity index (χ2v) is 8.10. The van der Waals surface area contributed by atoms with Gasteiger partial charge in [-0.3, -0.25) is 0 Å². The minimum Gasteiger partial charge on any atom is -0.394 e. The summed E-state index contributed by atoms with van der Waals surface area (Å²) in [5.41, 5.74) is 1.10. The molecule has 1 aliphatic rings. The number of hydrogen-bond donors (Lipinski definition) is 3. The number of hydrogen-bond acceptors (Lipinski definition) is 5. The van der Waals surface area contributed by atoms with Crippen LogP contribution in [0.1, 0.15) is 28.5 Å². The number of aliphatic hydroxyl groups excluding tert-OH is 3. The first kappa shape index (κ1) is 18.5. The molecule has 3 aromatic rings. The Kier molecular flexibility index (Phi) is 5.25. The van der Waals surface area contributed by atoms with Crippen LogP contribution in [0.3, 0.4) is 0 Å². The van der Waals surface area contributed by atoms with Gasteiger partial charge in [-0.2, -0.15) is 0 Å². The van der Waals surface area contributed by atoms with Gasteiger partial charge in [-0.25, -0.2) is 4.39 Å². The molecule has 4 nitrogen and oxygen atoms in total. The fraction of sp³-hybridized carbons (Fsp3) is 0.333. The maximum absolute atomic E-state index is 14.4. The lowest BCUT2D eigenvalue weighted by molar-refractivity contribution is -0.179. The molecule has 1 saturated heterocycles. The molecule has 1 aliphatic heterocycles. The minimum absolute atomic E-state index is 0.171. The number of aliphatic hydroxyl groups is 3. The van der Waals surface area contributed by atoms with Crippen LogP contribution in [-0.2, 0) is 11.2 Å². The molecule has 0 spiro atoms. The van der Waals surface area contributed by atoms with E-state index >= 15 is 0 Å². The van der Waals surface area contributed by atoms with Gasteiger partial charge in [0.25, 0.3) is 0 Å². The van der Waals surface area contributed by atoms with Gasteiger partial charge in [0.15, 0.2) is 0 Å². The van der Waals surface area contributed by atoms with Crippen molar-refractivity contribution in [2.75, 3.05) is 6.61 Å². The first-order valence-electron chi connectivity index (χ1n) is 8.93. The Bertz CT molecular complexity index is 908. The summed E-state index contributed by atoms with van der Waals surface area (Å²) >= 11 is 1.63. The topological polar surface area (TPSA) is 69.9 Å². The molecule has 142 valence electrons. The van der Waals surface area contributed by atoms with E-state index < -0.39 is 24.4 Å². The van der Waals surface area contributed by atoms with Crippen molar-refractivity contribution < 1.29 is 24.4 Å². The van der Waals surface area contributed by atoms with Crippen LogP contribution < -0.4 is 0 Å². The molecule has 4 atom stereocenters. The Morgan fingerprint density at radius 1 is 1.11 bits per heavy atom. The van der Waals surface area contributed by atoms with E-state index in [-0.39, 0.29) is 18.8 Å².